The Hall–Kier alpha value is -1.56. The van der Waals surface area contributed by atoms with Gasteiger partial charge in [0.1, 0.15) is 0 Å². The van der Waals surface area contributed by atoms with Crippen molar-refractivity contribution in [2.45, 2.75) is 59.0 Å². The van der Waals surface area contributed by atoms with Crippen molar-refractivity contribution in [3.63, 3.8) is 0 Å². The summed E-state index contributed by atoms with van der Waals surface area (Å²) in [4.78, 5) is 22.5. The van der Waals surface area contributed by atoms with Crippen LogP contribution in [-0.4, -0.2) is 44.5 Å². The van der Waals surface area contributed by atoms with E-state index in [4.69, 9.17) is 14.2 Å². The molecule has 0 aliphatic carbocycles. The number of hydrogen-bond acceptors (Lipinski definition) is 5. The third-order valence-corrected chi connectivity index (χ3v) is 3.17. The number of unbranched alkanes of at least 4 members (excludes halogenated alkanes) is 2. The first-order valence-electron chi connectivity index (χ1n) is 8.32. The molecule has 1 N–H and O–H groups in total. The number of ether oxygens (including phenoxy) is 3. The summed E-state index contributed by atoms with van der Waals surface area (Å²) >= 11 is 0. The summed E-state index contributed by atoms with van der Waals surface area (Å²) in [5.41, 5.74) is 0.390. The van der Waals surface area contributed by atoms with Gasteiger partial charge in [0.15, 0.2) is 0 Å². The van der Waals surface area contributed by atoms with Crippen LogP contribution in [0.4, 0.5) is 4.79 Å². The second kappa shape index (κ2) is 14.1. The molecule has 1 atom stereocenters. The second-order valence-corrected chi connectivity index (χ2v) is 5.48. The molecule has 134 valence electrons. The molecule has 23 heavy (non-hydrogen) atoms. The zero-order valence-corrected chi connectivity index (χ0v) is 14.7. The Morgan fingerprint density at radius 2 is 1.65 bits per heavy atom. The zero-order valence-electron chi connectivity index (χ0n) is 14.7. The van der Waals surface area contributed by atoms with E-state index in [0.29, 0.717) is 38.4 Å². The minimum atomic E-state index is -0.410. The first kappa shape index (κ1) is 21.4. The van der Waals surface area contributed by atoms with Gasteiger partial charge >= 0.3 is 12.1 Å². The fourth-order valence-electron chi connectivity index (χ4n) is 1.53. The summed E-state index contributed by atoms with van der Waals surface area (Å²) in [5, 5.41) is 2.66. The van der Waals surface area contributed by atoms with E-state index in [1.54, 1.807) is 6.92 Å². The lowest BCUT2D eigenvalue weighted by atomic mass is 10.3. The predicted molar refractivity (Wildman–Crippen MR) is 89.3 cm³/mol. The molecule has 0 aromatic carbocycles. The van der Waals surface area contributed by atoms with Gasteiger partial charge < -0.3 is 19.5 Å². The van der Waals surface area contributed by atoms with Gasteiger partial charge in [-0.3, -0.25) is 0 Å². The van der Waals surface area contributed by atoms with Crippen LogP contribution in [0.3, 0.4) is 0 Å². The summed E-state index contributed by atoms with van der Waals surface area (Å²) in [7, 11) is 0. The van der Waals surface area contributed by atoms with E-state index >= 15 is 0 Å². The molecule has 0 aliphatic rings. The van der Waals surface area contributed by atoms with Crippen molar-refractivity contribution in [1.29, 1.82) is 0 Å². The lowest BCUT2D eigenvalue weighted by molar-refractivity contribution is -0.139. The van der Waals surface area contributed by atoms with Gasteiger partial charge in [0.05, 0.1) is 19.3 Å². The molecule has 0 saturated carbocycles. The van der Waals surface area contributed by atoms with Gasteiger partial charge in [0.25, 0.3) is 0 Å². The third-order valence-electron chi connectivity index (χ3n) is 3.17. The molecule has 0 radical (unpaired) electrons. The van der Waals surface area contributed by atoms with E-state index in [1.165, 1.54) is 0 Å². The number of alkyl carbamates (subject to hydrolysis) is 1. The molecule has 6 heteroatoms. The monoisotopic (exact) mass is 329 g/mol. The summed E-state index contributed by atoms with van der Waals surface area (Å²) in [5.74, 6) is -0.380. The minimum Gasteiger partial charge on any atom is -0.462 e. The Morgan fingerprint density at radius 3 is 2.30 bits per heavy atom. The Bertz CT molecular complexity index is 357. The predicted octanol–water partition coefficient (Wildman–Crippen LogP) is 3.21. The van der Waals surface area contributed by atoms with Crippen molar-refractivity contribution in [2.24, 2.45) is 0 Å². The molecular weight excluding hydrogens is 298 g/mol. The number of rotatable bonds is 13. The van der Waals surface area contributed by atoms with Crippen LogP contribution in [0, 0.1) is 0 Å². The molecule has 0 bridgehead atoms. The molecule has 0 heterocycles. The van der Waals surface area contributed by atoms with Gasteiger partial charge in [-0.2, -0.15) is 0 Å². The van der Waals surface area contributed by atoms with Crippen molar-refractivity contribution in [2.75, 3.05) is 26.4 Å². The largest absolute Gasteiger partial charge is 0.462 e. The summed E-state index contributed by atoms with van der Waals surface area (Å²) < 4.78 is 15.5. The third kappa shape index (κ3) is 13.8. The van der Waals surface area contributed by atoms with Crippen LogP contribution in [-0.2, 0) is 19.0 Å². The minimum absolute atomic E-state index is 0.286. The lowest BCUT2D eigenvalue weighted by Gasteiger charge is -2.10. The highest BCUT2D eigenvalue weighted by atomic mass is 16.5. The van der Waals surface area contributed by atoms with Crippen LogP contribution in [0.1, 0.15) is 52.9 Å². The maximum absolute atomic E-state index is 11.4. The quantitative estimate of drug-likeness (QED) is 0.319. The van der Waals surface area contributed by atoms with Crippen LogP contribution in [0.25, 0.3) is 0 Å². The van der Waals surface area contributed by atoms with Crippen LogP contribution >= 0.6 is 0 Å². The van der Waals surface area contributed by atoms with Crippen molar-refractivity contribution < 1.29 is 23.8 Å². The Morgan fingerprint density at radius 1 is 1.04 bits per heavy atom. The van der Waals surface area contributed by atoms with Crippen molar-refractivity contribution in [1.82, 2.24) is 5.32 Å². The van der Waals surface area contributed by atoms with Crippen LogP contribution in [0.15, 0.2) is 12.2 Å². The van der Waals surface area contributed by atoms with Crippen LogP contribution in [0.5, 0.6) is 0 Å². The molecular formula is C17H31NO5. The van der Waals surface area contributed by atoms with Crippen molar-refractivity contribution in [3.8, 4) is 0 Å². The van der Waals surface area contributed by atoms with Gasteiger partial charge in [0.2, 0.25) is 0 Å². The fourth-order valence-corrected chi connectivity index (χ4v) is 1.53. The van der Waals surface area contributed by atoms with E-state index in [9.17, 15) is 9.59 Å². The summed E-state index contributed by atoms with van der Waals surface area (Å²) in [6.07, 6.45) is 3.96. The van der Waals surface area contributed by atoms with Crippen LogP contribution in [0.2, 0.25) is 0 Å². The topological polar surface area (TPSA) is 73.9 Å². The van der Waals surface area contributed by atoms with E-state index in [0.717, 1.165) is 25.7 Å². The van der Waals surface area contributed by atoms with Crippen LogP contribution < -0.4 is 5.32 Å². The highest BCUT2D eigenvalue weighted by Gasteiger charge is 2.03. The summed E-state index contributed by atoms with van der Waals surface area (Å²) in [6.45, 7) is 11.2. The second-order valence-electron chi connectivity index (χ2n) is 5.48. The molecule has 0 saturated heterocycles. The number of esters is 1. The maximum atomic E-state index is 11.4. The van der Waals surface area contributed by atoms with E-state index in [1.807, 2.05) is 6.92 Å². The molecule has 0 spiro atoms. The summed E-state index contributed by atoms with van der Waals surface area (Å²) in [6, 6.07) is 0. The number of amides is 1. The smallest absolute Gasteiger partial charge is 0.407 e. The maximum Gasteiger partial charge on any atom is 0.407 e. The standard InChI is InChI=1S/C17H31NO5/c1-5-15(4)21-11-8-9-13-23-17(20)18-10-6-7-12-22-16(19)14(2)3/h15H,2,5-13H2,1,3-4H3,(H,18,20). The normalized spacial score (nSPS) is 11.6. The van der Waals surface area contributed by atoms with Gasteiger partial charge in [0, 0.05) is 18.7 Å². The van der Waals surface area contributed by atoms with E-state index in [2.05, 4.69) is 18.8 Å². The average Bonchev–Trinajstić information content (AvgIpc) is 2.53. The molecule has 1 unspecified atom stereocenters. The first-order valence-corrected chi connectivity index (χ1v) is 8.32. The van der Waals surface area contributed by atoms with Crippen molar-refractivity contribution in [3.05, 3.63) is 12.2 Å². The highest BCUT2D eigenvalue weighted by molar-refractivity contribution is 5.86. The van der Waals surface area contributed by atoms with Gasteiger partial charge in [-0.05, 0) is 46.0 Å². The van der Waals surface area contributed by atoms with Crippen molar-refractivity contribution >= 4 is 12.1 Å². The fraction of sp³-hybridized carbons (Fsp3) is 0.765. The van der Waals surface area contributed by atoms with E-state index in [-0.39, 0.29) is 12.1 Å². The Balaban J connectivity index is 3.34. The zero-order chi connectivity index (χ0) is 17.5. The van der Waals surface area contributed by atoms with Gasteiger partial charge in [-0.1, -0.05) is 13.5 Å². The number of carbonyl (C=O) groups excluding carboxylic acids is 2. The molecule has 0 rings (SSSR count). The van der Waals surface area contributed by atoms with Gasteiger partial charge in [-0.25, -0.2) is 9.59 Å². The van der Waals surface area contributed by atoms with E-state index < -0.39 is 6.09 Å². The number of hydrogen-bond donors (Lipinski definition) is 1. The first-order chi connectivity index (χ1) is 11.0. The molecule has 0 aromatic heterocycles. The molecule has 0 aliphatic heterocycles. The Labute approximate surface area is 139 Å². The lowest BCUT2D eigenvalue weighted by Crippen LogP contribution is -2.26. The SMILES string of the molecule is C=C(C)C(=O)OCCCCNC(=O)OCCCCOC(C)CC. The molecule has 0 aromatic rings. The average molecular weight is 329 g/mol. The number of carbonyl (C=O) groups is 2. The number of nitrogens with one attached hydrogen (secondary N) is 1. The van der Waals surface area contributed by atoms with Gasteiger partial charge in [-0.15, -0.1) is 0 Å². The Kier molecular flexibility index (Phi) is 13.1. The highest BCUT2D eigenvalue weighted by Crippen LogP contribution is 1.99. The molecule has 6 nitrogen and oxygen atoms in total. The molecule has 0 fully saturated rings. The molecule has 1 amide bonds.